The fourth-order valence-corrected chi connectivity index (χ4v) is 3.22. The molecule has 0 saturated carbocycles. The molecular weight excluding hydrogens is 278 g/mol. The predicted octanol–water partition coefficient (Wildman–Crippen LogP) is 1.79. The van der Waals surface area contributed by atoms with Crippen molar-refractivity contribution in [2.75, 3.05) is 0 Å². The molecule has 7 heteroatoms. The van der Waals surface area contributed by atoms with Crippen molar-refractivity contribution in [3.8, 4) is 0 Å². The molecule has 0 spiro atoms. The van der Waals surface area contributed by atoms with Crippen LogP contribution in [0.25, 0.3) is 0 Å². The maximum atomic E-state index is 12.4. The molecule has 0 amide bonds. The molecule has 0 aliphatic carbocycles. The average Bonchev–Trinajstić information content (AvgIpc) is 2.94. The summed E-state index contributed by atoms with van der Waals surface area (Å²) in [6.07, 6.45) is 3.03. The molecule has 20 heavy (non-hydrogen) atoms. The molecule has 0 atom stereocenters. The van der Waals surface area contributed by atoms with Gasteiger partial charge in [0.1, 0.15) is 10.7 Å². The zero-order valence-electron chi connectivity index (χ0n) is 12.0. The van der Waals surface area contributed by atoms with Gasteiger partial charge in [-0.15, -0.1) is 0 Å². The van der Waals surface area contributed by atoms with E-state index in [4.69, 9.17) is 4.42 Å². The predicted molar refractivity (Wildman–Crippen MR) is 74.6 cm³/mol. The first-order valence-electron chi connectivity index (χ1n) is 6.26. The molecule has 0 bridgehead atoms. The summed E-state index contributed by atoms with van der Waals surface area (Å²) < 4.78 is 34.0. The number of nitrogens with one attached hydrogen (secondary N) is 1. The molecule has 2 aromatic heterocycles. The number of rotatable bonds is 4. The molecule has 2 rings (SSSR count). The molecule has 1 N–H and O–H groups in total. The fraction of sp³-hybridized carbons (Fsp3) is 0.462. The molecule has 0 aromatic carbocycles. The number of nitrogens with zero attached hydrogens (tertiary/aromatic N) is 2. The van der Waals surface area contributed by atoms with Gasteiger partial charge in [-0.3, -0.25) is 4.68 Å². The Morgan fingerprint density at radius 1 is 1.40 bits per heavy atom. The van der Waals surface area contributed by atoms with Gasteiger partial charge >= 0.3 is 0 Å². The number of sulfonamides is 1. The van der Waals surface area contributed by atoms with Crippen LogP contribution >= 0.6 is 0 Å². The summed E-state index contributed by atoms with van der Waals surface area (Å²) >= 11 is 0. The van der Waals surface area contributed by atoms with Crippen LogP contribution in [0.5, 0.6) is 0 Å². The highest BCUT2D eigenvalue weighted by Crippen LogP contribution is 2.27. The van der Waals surface area contributed by atoms with E-state index in [0.29, 0.717) is 11.5 Å². The van der Waals surface area contributed by atoms with E-state index < -0.39 is 10.0 Å². The summed E-state index contributed by atoms with van der Waals surface area (Å²) in [5.74, 6) is 0.565. The van der Waals surface area contributed by atoms with Crippen LogP contribution in [-0.2, 0) is 29.0 Å². The van der Waals surface area contributed by atoms with E-state index in [-0.39, 0.29) is 16.9 Å². The van der Waals surface area contributed by atoms with Crippen molar-refractivity contribution in [1.82, 2.24) is 14.5 Å². The van der Waals surface area contributed by atoms with E-state index >= 15 is 0 Å². The van der Waals surface area contributed by atoms with Gasteiger partial charge in [0.2, 0.25) is 10.0 Å². The third-order valence-electron chi connectivity index (χ3n) is 2.81. The number of furan rings is 1. The third-order valence-corrected chi connectivity index (χ3v) is 4.21. The Bertz CT molecular complexity index is 679. The largest absolute Gasteiger partial charge is 0.468 e. The van der Waals surface area contributed by atoms with E-state index in [9.17, 15) is 8.42 Å². The maximum Gasteiger partial charge on any atom is 0.244 e. The highest BCUT2D eigenvalue weighted by atomic mass is 32.2. The highest BCUT2D eigenvalue weighted by Gasteiger charge is 2.29. The van der Waals surface area contributed by atoms with Crippen molar-refractivity contribution in [2.24, 2.45) is 7.05 Å². The summed E-state index contributed by atoms with van der Waals surface area (Å²) in [6, 6.07) is 3.44. The summed E-state index contributed by atoms with van der Waals surface area (Å²) in [5.41, 5.74) is 0.197. The lowest BCUT2D eigenvalue weighted by molar-refractivity contribution is 0.497. The Hall–Kier alpha value is -1.60. The van der Waals surface area contributed by atoms with Gasteiger partial charge < -0.3 is 4.42 Å². The lowest BCUT2D eigenvalue weighted by Crippen LogP contribution is -2.26. The summed E-state index contributed by atoms with van der Waals surface area (Å²) in [6.45, 7) is 5.91. The first kappa shape index (κ1) is 14.8. The summed E-state index contributed by atoms with van der Waals surface area (Å²) in [4.78, 5) is 0.207. The number of hydrogen-bond donors (Lipinski definition) is 1. The van der Waals surface area contributed by atoms with Crippen molar-refractivity contribution < 1.29 is 12.8 Å². The second-order valence-electron chi connectivity index (χ2n) is 5.67. The molecular formula is C13H19N3O3S. The minimum atomic E-state index is -3.62. The Kier molecular flexibility index (Phi) is 3.75. The minimum absolute atomic E-state index is 0.119. The van der Waals surface area contributed by atoms with Crippen LogP contribution in [0, 0.1) is 0 Å². The van der Waals surface area contributed by atoms with E-state index in [1.54, 1.807) is 19.2 Å². The average molecular weight is 297 g/mol. The van der Waals surface area contributed by atoms with Crippen LogP contribution in [-0.4, -0.2) is 18.2 Å². The Labute approximate surface area is 118 Å². The molecule has 0 aliphatic heterocycles. The van der Waals surface area contributed by atoms with Gasteiger partial charge in [0.15, 0.2) is 0 Å². The highest BCUT2D eigenvalue weighted by molar-refractivity contribution is 7.89. The maximum absolute atomic E-state index is 12.4. The molecule has 0 fully saturated rings. The van der Waals surface area contributed by atoms with Crippen molar-refractivity contribution >= 4 is 10.0 Å². The van der Waals surface area contributed by atoms with E-state index in [0.717, 1.165) is 0 Å². The summed E-state index contributed by atoms with van der Waals surface area (Å²) in [7, 11) is -1.91. The molecule has 0 aliphatic rings. The van der Waals surface area contributed by atoms with Crippen LogP contribution in [0.2, 0.25) is 0 Å². The van der Waals surface area contributed by atoms with Gasteiger partial charge in [-0.05, 0) is 12.1 Å². The molecule has 2 aromatic rings. The third kappa shape index (κ3) is 3.10. The quantitative estimate of drug-likeness (QED) is 0.933. The van der Waals surface area contributed by atoms with Gasteiger partial charge in [0, 0.05) is 18.7 Å². The SMILES string of the molecule is Cn1cc(S(=O)(=O)NCc2ccco2)c(C(C)(C)C)n1. The molecule has 2 heterocycles. The van der Waals surface area contributed by atoms with Gasteiger partial charge in [0.05, 0.1) is 18.5 Å². The van der Waals surface area contributed by atoms with Crippen molar-refractivity contribution in [2.45, 2.75) is 37.6 Å². The molecule has 0 saturated heterocycles. The van der Waals surface area contributed by atoms with Crippen molar-refractivity contribution in [3.63, 3.8) is 0 Å². The van der Waals surface area contributed by atoms with Gasteiger partial charge in [-0.25, -0.2) is 13.1 Å². The Morgan fingerprint density at radius 2 is 2.10 bits per heavy atom. The molecule has 6 nitrogen and oxygen atoms in total. The van der Waals surface area contributed by atoms with Gasteiger partial charge in [-0.2, -0.15) is 5.10 Å². The van der Waals surface area contributed by atoms with Crippen LogP contribution in [0.15, 0.2) is 33.9 Å². The molecule has 0 radical (unpaired) electrons. The molecule has 0 unspecified atom stereocenters. The van der Waals surface area contributed by atoms with Gasteiger partial charge in [-0.1, -0.05) is 20.8 Å². The zero-order valence-corrected chi connectivity index (χ0v) is 12.9. The van der Waals surface area contributed by atoms with E-state index in [2.05, 4.69) is 9.82 Å². The van der Waals surface area contributed by atoms with E-state index in [1.807, 2.05) is 20.8 Å². The minimum Gasteiger partial charge on any atom is -0.468 e. The van der Waals surface area contributed by atoms with Crippen LogP contribution < -0.4 is 4.72 Å². The van der Waals surface area contributed by atoms with Crippen molar-refractivity contribution in [1.29, 1.82) is 0 Å². The first-order chi connectivity index (χ1) is 9.20. The standard InChI is InChI=1S/C13H19N3O3S/c1-13(2,3)12-11(9-16(4)15-12)20(17,18)14-8-10-6-5-7-19-10/h5-7,9,14H,8H2,1-4H3. The monoisotopic (exact) mass is 297 g/mol. The van der Waals surface area contributed by atoms with Crippen LogP contribution in [0.3, 0.4) is 0 Å². The topological polar surface area (TPSA) is 77.1 Å². The van der Waals surface area contributed by atoms with Crippen LogP contribution in [0.4, 0.5) is 0 Å². The number of aryl methyl sites for hydroxylation is 1. The van der Waals surface area contributed by atoms with Gasteiger partial charge in [0.25, 0.3) is 0 Å². The Morgan fingerprint density at radius 3 is 2.65 bits per heavy atom. The lowest BCUT2D eigenvalue weighted by atomic mass is 9.92. The normalized spacial score (nSPS) is 12.8. The second kappa shape index (κ2) is 5.06. The molecule has 110 valence electrons. The second-order valence-corrected chi connectivity index (χ2v) is 7.40. The van der Waals surface area contributed by atoms with E-state index in [1.165, 1.54) is 17.1 Å². The Balaban J connectivity index is 2.30. The fourth-order valence-electron chi connectivity index (χ4n) is 1.84. The van der Waals surface area contributed by atoms with Crippen LogP contribution in [0.1, 0.15) is 32.2 Å². The first-order valence-corrected chi connectivity index (χ1v) is 7.74. The summed E-state index contributed by atoms with van der Waals surface area (Å²) in [5, 5.41) is 4.27. The number of aromatic nitrogens is 2. The van der Waals surface area contributed by atoms with Crippen molar-refractivity contribution in [3.05, 3.63) is 36.0 Å². The lowest BCUT2D eigenvalue weighted by Gasteiger charge is -2.17. The smallest absolute Gasteiger partial charge is 0.244 e. The zero-order chi connectivity index (χ0) is 15.0. The number of hydrogen-bond acceptors (Lipinski definition) is 4.